The molecule has 0 unspecified atom stereocenters. The predicted molar refractivity (Wildman–Crippen MR) is 116 cm³/mol. The lowest BCUT2D eigenvalue weighted by Gasteiger charge is -2.13. The molecule has 2 aromatic heterocycles. The van der Waals surface area contributed by atoms with Crippen LogP contribution in [0, 0.1) is 0 Å². The third-order valence-corrected chi connectivity index (χ3v) is 6.46. The third-order valence-electron chi connectivity index (χ3n) is 3.98. The Bertz CT molecular complexity index is 904. The molecule has 0 amide bonds. The van der Waals surface area contributed by atoms with Gasteiger partial charge in [-0.1, -0.05) is 45.9 Å². The molecule has 0 radical (unpaired) electrons. The number of aromatic nitrogens is 4. The SMILES string of the molecule is c1ccc(SSc2ccccc2NCn2cccn2)c(NCn2cccn2)c1. The Kier molecular flexibility index (Phi) is 6.21. The molecule has 0 atom stereocenters. The zero-order valence-electron chi connectivity index (χ0n) is 15.1. The molecule has 0 fully saturated rings. The Morgan fingerprint density at radius 2 is 1.11 bits per heavy atom. The van der Waals surface area contributed by atoms with E-state index in [0.29, 0.717) is 13.3 Å². The van der Waals surface area contributed by atoms with E-state index in [2.05, 4.69) is 57.2 Å². The molecule has 4 aromatic rings. The smallest absolute Gasteiger partial charge is 0.109 e. The van der Waals surface area contributed by atoms with Crippen LogP contribution in [0.1, 0.15) is 0 Å². The van der Waals surface area contributed by atoms with Crippen LogP contribution in [0.2, 0.25) is 0 Å². The number of rotatable bonds is 9. The fourth-order valence-electron chi connectivity index (χ4n) is 2.58. The fraction of sp³-hybridized carbons (Fsp3) is 0.100. The summed E-state index contributed by atoms with van der Waals surface area (Å²) in [6.45, 7) is 1.27. The minimum Gasteiger partial charge on any atom is -0.365 e. The summed E-state index contributed by atoms with van der Waals surface area (Å²) in [5, 5.41) is 15.4. The van der Waals surface area contributed by atoms with Crippen molar-refractivity contribution in [2.45, 2.75) is 23.1 Å². The maximum atomic E-state index is 4.23. The van der Waals surface area contributed by atoms with E-state index in [1.165, 1.54) is 9.79 Å². The highest BCUT2D eigenvalue weighted by Gasteiger charge is 2.07. The normalized spacial score (nSPS) is 10.7. The van der Waals surface area contributed by atoms with Gasteiger partial charge in [0.1, 0.15) is 13.3 Å². The lowest BCUT2D eigenvalue weighted by atomic mass is 10.3. The van der Waals surface area contributed by atoms with E-state index in [1.807, 2.05) is 46.0 Å². The van der Waals surface area contributed by atoms with Crippen molar-refractivity contribution in [1.82, 2.24) is 19.6 Å². The Hall–Kier alpha value is -2.84. The van der Waals surface area contributed by atoms with Crippen LogP contribution in [0.15, 0.2) is 95.2 Å². The molecule has 4 rings (SSSR count). The number of nitrogens with one attached hydrogen (secondary N) is 2. The van der Waals surface area contributed by atoms with Gasteiger partial charge in [-0.05, 0) is 36.4 Å². The van der Waals surface area contributed by atoms with Crippen LogP contribution in [-0.2, 0) is 13.3 Å². The molecule has 0 bridgehead atoms. The van der Waals surface area contributed by atoms with Crippen molar-refractivity contribution in [2.75, 3.05) is 10.6 Å². The lowest BCUT2D eigenvalue weighted by molar-refractivity contribution is 0.669. The maximum absolute atomic E-state index is 4.23. The molecule has 2 heterocycles. The Labute approximate surface area is 171 Å². The first-order chi connectivity index (χ1) is 13.9. The molecule has 2 aromatic carbocycles. The number of anilines is 2. The molecular weight excluding hydrogens is 388 g/mol. The van der Waals surface area contributed by atoms with Crippen LogP contribution in [0.25, 0.3) is 0 Å². The summed E-state index contributed by atoms with van der Waals surface area (Å²) in [5.41, 5.74) is 2.19. The van der Waals surface area contributed by atoms with Gasteiger partial charge in [-0.3, -0.25) is 9.36 Å². The zero-order valence-corrected chi connectivity index (χ0v) is 16.7. The molecule has 0 spiro atoms. The molecular formula is C20H20N6S2. The Morgan fingerprint density at radius 3 is 1.54 bits per heavy atom. The maximum Gasteiger partial charge on any atom is 0.109 e. The second-order valence-electron chi connectivity index (χ2n) is 5.92. The standard InChI is InChI=1S/C20H20N6S2/c1-3-9-19(17(7-1)21-15-25-13-5-11-23-25)27-28-20-10-4-2-8-18(20)22-16-26-14-6-12-24-26/h1-14,21-22H,15-16H2. The Morgan fingerprint density at radius 1 is 0.643 bits per heavy atom. The summed E-state index contributed by atoms with van der Waals surface area (Å²) in [7, 11) is 3.47. The van der Waals surface area contributed by atoms with Gasteiger partial charge in [0.05, 0.1) is 11.4 Å². The largest absolute Gasteiger partial charge is 0.365 e. The second kappa shape index (κ2) is 9.38. The molecule has 0 aliphatic rings. The topological polar surface area (TPSA) is 59.7 Å². The summed E-state index contributed by atoms with van der Waals surface area (Å²) in [5.74, 6) is 0. The van der Waals surface area contributed by atoms with Crippen LogP contribution < -0.4 is 10.6 Å². The van der Waals surface area contributed by atoms with Gasteiger partial charge < -0.3 is 10.6 Å². The molecule has 0 aliphatic carbocycles. The van der Waals surface area contributed by atoms with Crippen LogP contribution >= 0.6 is 21.6 Å². The Balaban J connectivity index is 1.40. The lowest BCUT2D eigenvalue weighted by Crippen LogP contribution is -2.08. The van der Waals surface area contributed by atoms with Crippen LogP contribution in [-0.4, -0.2) is 19.6 Å². The first-order valence-electron chi connectivity index (χ1n) is 8.84. The van der Waals surface area contributed by atoms with Crippen molar-refractivity contribution in [3.63, 3.8) is 0 Å². The van der Waals surface area contributed by atoms with E-state index in [9.17, 15) is 0 Å². The number of hydrogen-bond acceptors (Lipinski definition) is 6. The first kappa shape index (κ1) is 18.5. The van der Waals surface area contributed by atoms with Crippen molar-refractivity contribution in [2.24, 2.45) is 0 Å². The van der Waals surface area contributed by atoms with Crippen molar-refractivity contribution in [3.05, 3.63) is 85.5 Å². The van der Waals surface area contributed by atoms with E-state index in [0.717, 1.165) is 11.4 Å². The van der Waals surface area contributed by atoms with E-state index >= 15 is 0 Å². The first-order valence-corrected chi connectivity index (χ1v) is 11.0. The van der Waals surface area contributed by atoms with Crippen molar-refractivity contribution >= 4 is 33.0 Å². The van der Waals surface area contributed by atoms with E-state index in [4.69, 9.17) is 0 Å². The van der Waals surface area contributed by atoms with Crippen molar-refractivity contribution < 1.29 is 0 Å². The average Bonchev–Trinajstić information content (AvgIpc) is 3.44. The van der Waals surface area contributed by atoms with Gasteiger partial charge in [-0.25, -0.2) is 0 Å². The number of hydrogen-bond donors (Lipinski definition) is 2. The van der Waals surface area contributed by atoms with E-state index in [-0.39, 0.29) is 0 Å². The van der Waals surface area contributed by atoms with Gasteiger partial charge >= 0.3 is 0 Å². The fourth-order valence-corrected chi connectivity index (χ4v) is 4.90. The number of benzene rings is 2. The summed E-state index contributed by atoms with van der Waals surface area (Å²) < 4.78 is 3.73. The molecule has 28 heavy (non-hydrogen) atoms. The molecule has 2 N–H and O–H groups in total. The minimum absolute atomic E-state index is 0.636. The molecule has 0 saturated carbocycles. The van der Waals surface area contributed by atoms with Gasteiger partial charge in [0.25, 0.3) is 0 Å². The summed E-state index contributed by atoms with van der Waals surface area (Å²) >= 11 is 0. The monoisotopic (exact) mass is 408 g/mol. The number of para-hydroxylation sites is 2. The summed E-state index contributed by atoms with van der Waals surface area (Å²) in [6, 6.07) is 20.5. The van der Waals surface area contributed by atoms with Gasteiger partial charge in [-0.15, -0.1) is 0 Å². The molecule has 6 nitrogen and oxygen atoms in total. The zero-order chi connectivity index (χ0) is 19.0. The highest BCUT2D eigenvalue weighted by atomic mass is 33.1. The summed E-state index contributed by atoms with van der Waals surface area (Å²) in [4.78, 5) is 2.36. The average molecular weight is 409 g/mol. The summed E-state index contributed by atoms with van der Waals surface area (Å²) in [6.07, 6.45) is 7.45. The quantitative estimate of drug-likeness (QED) is 0.379. The third kappa shape index (κ3) is 4.90. The van der Waals surface area contributed by atoms with E-state index < -0.39 is 0 Å². The highest BCUT2D eigenvalue weighted by Crippen LogP contribution is 2.43. The van der Waals surface area contributed by atoms with Gasteiger partial charge in [0.2, 0.25) is 0 Å². The second-order valence-corrected chi connectivity index (χ2v) is 8.13. The molecule has 8 heteroatoms. The molecule has 0 aliphatic heterocycles. The van der Waals surface area contributed by atoms with Crippen molar-refractivity contribution in [3.8, 4) is 0 Å². The van der Waals surface area contributed by atoms with E-state index in [1.54, 1.807) is 34.0 Å². The molecule has 142 valence electrons. The number of nitrogens with zero attached hydrogens (tertiary/aromatic N) is 4. The van der Waals surface area contributed by atoms with Crippen LogP contribution in [0.5, 0.6) is 0 Å². The van der Waals surface area contributed by atoms with Gasteiger partial charge in [0.15, 0.2) is 0 Å². The minimum atomic E-state index is 0.636. The van der Waals surface area contributed by atoms with Crippen LogP contribution in [0.3, 0.4) is 0 Å². The molecule has 0 saturated heterocycles. The highest BCUT2D eigenvalue weighted by molar-refractivity contribution is 8.76. The van der Waals surface area contributed by atoms with Gasteiger partial charge in [-0.2, -0.15) is 10.2 Å². The predicted octanol–water partition coefficient (Wildman–Crippen LogP) is 5.02. The van der Waals surface area contributed by atoms with Crippen molar-refractivity contribution in [1.29, 1.82) is 0 Å². The van der Waals surface area contributed by atoms with Gasteiger partial charge in [0, 0.05) is 34.6 Å². The van der Waals surface area contributed by atoms with Crippen LogP contribution in [0.4, 0.5) is 11.4 Å².